The molecule has 0 saturated heterocycles. The van der Waals surface area contributed by atoms with Gasteiger partial charge in [-0.05, 0) is 43.7 Å². The third-order valence-corrected chi connectivity index (χ3v) is 4.77. The monoisotopic (exact) mass is 290 g/mol. The van der Waals surface area contributed by atoms with Crippen molar-refractivity contribution in [3.8, 4) is 0 Å². The highest BCUT2D eigenvalue weighted by molar-refractivity contribution is 7.14. The van der Waals surface area contributed by atoms with Crippen LogP contribution >= 0.6 is 11.3 Å². The smallest absolute Gasteiger partial charge is 0.261 e. The van der Waals surface area contributed by atoms with E-state index in [1.165, 1.54) is 29.6 Å². The zero-order valence-electron chi connectivity index (χ0n) is 11.3. The van der Waals surface area contributed by atoms with E-state index in [1.807, 2.05) is 0 Å². The van der Waals surface area contributed by atoms with Gasteiger partial charge < -0.3 is 5.32 Å². The Bertz CT molecular complexity index is 553. The first-order chi connectivity index (χ1) is 9.83. The van der Waals surface area contributed by atoms with Gasteiger partial charge in [0.05, 0.1) is 4.88 Å². The Kier molecular flexibility index (Phi) is 4.11. The summed E-state index contributed by atoms with van der Waals surface area (Å²) in [4.78, 5) is 18.2. The van der Waals surface area contributed by atoms with Crippen molar-refractivity contribution in [1.82, 2.24) is 20.1 Å². The molecule has 0 radical (unpaired) electrons. The largest absolute Gasteiger partial charge is 0.351 e. The highest BCUT2D eigenvalue weighted by atomic mass is 32.1. The molecule has 5 nitrogen and oxygen atoms in total. The molecular weight excluding hydrogens is 272 g/mol. The topological polar surface area (TPSA) is 59.8 Å². The summed E-state index contributed by atoms with van der Waals surface area (Å²) in [6, 6.07) is 2.08. The predicted octanol–water partition coefficient (Wildman–Crippen LogP) is 2.04. The Morgan fingerprint density at radius 3 is 3.10 bits per heavy atom. The molecule has 106 valence electrons. The van der Waals surface area contributed by atoms with E-state index in [9.17, 15) is 4.79 Å². The van der Waals surface area contributed by atoms with Gasteiger partial charge in [-0.3, -0.25) is 9.48 Å². The molecule has 6 heteroatoms. The predicted molar refractivity (Wildman–Crippen MR) is 77.9 cm³/mol. The lowest BCUT2D eigenvalue weighted by molar-refractivity contribution is 0.0956. The summed E-state index contributed by atoms with van der Waals surface area (Å²) in [6.07, 6.45) is 8.85. The van der Waals surface area contributed by atoms with Crippen molar-refractivity contribution < 1.29 is 4.79 Å². The highest BCUT2D eigenvalue weighted by Crippen LogP contribution is 2.29. The van der Waals surface area contributed by atoms with Crippen molar-refractivity contribution >= 4 is 17.2 Å². The molecule has 1 aliphatic carbocycles. The highest BCUT2D eigenvalue weighted by Gasteiger charge is 2.16. The molecule has 2 aromatic rings. The number of carbonyl (C=O) groups is 1. The lowest BCUT2D eigenvalue weighted by Crippen LogP contribution is -2.24. The average molecular weight is 290 g/mol. The molecule has 2 aromatic heterocycles. The summed E-state index contributed by atoms with van der Waals surface area (Å²) >= 11 is 1.66. The van der Waals surface area contributed by atoms with Crippen LogP contribution in [0.5, 0.6) is 0 Å². The van der Waals surface area contributed by atoms with Gasteiger partial charge in [0.2, 0.25) is 0 Å². The normalized spacial score (nSPS) is 14.0. The molecular formula is C14H18N4OS. The van der Waals surface area contributed by atoms with Crippen molar-refractivity contribution in [1.29, 1.82) is 0 Å². The zero-order chi connectivity index (χ0) is 13.8. The molecule has 1 amide bonds. The SMILES string of the molecule is O=C(NCCCn1cncn1)c1cc2c(s1)CCCC2. The lowest BCUT2D eigenvalue weighted by Gasteiger charge is -2.08. The van der Waals surface area contributed by atoms with Crippen LogP contribution in [0.15, 0.2) is 18.7 Å². The van der Waals surface area contributed by atoms with Crippen LogP contribution in [-0.2, 0) is 19.4 Å². The molecule has 0 aromatic carbocycles. The molecule has 2 heterocycles. The van der Waals surface area contributed by atoms with E-state index in [-0.39, 0.29) is 5.91 Å². The van der Waals surface area contributed by atoms with Crippen LogP contribution in [0.3, 0.4) is 0 Å². The van der Waals surface area contributed by atoms with Crippen molar-refractivity contribution in [2.24, 2.45) is 0 Å². The maximum atomic E-state index is 12.1. The quantitative estimate of drug-likeness (QED) is 0.857. The molecule has 0 aliphatic heterocycles. The van der Waals surface area contributed by atoms with E-state index >= 15 is 0 Å². The van der Waals surface area contributed by atoms with Gasteiger partial charge >= 0.3 is 0 Å². The van der Waals surface area contributed by atoms with Crippen LogP contribution in [0.4, 0.5) is 0 Å². The standard InChI is InChI=1S/C14H18N4OS/c19-14(16-6-3-7-18-10-15-9-17-18)13-8-11-4-1-2-5-12(11)20-13/h8-10H,1-7H2,(H,16,19). The molecule has 0 saturated carbocycles. The van der Waals surface area contributed by atoms with Crippen LogP contribution in [0.25, 0.3) is 0 Å². The second-order valence-electron chi connectivity index (χ2n) is 5.03. The number of hydrogen-bond acceptors (Lipinski definition) is 4. The molecule has 1 N–H and O–H groups in total. The van der Waals surface area contributed by atoms with Crippen molar-refractivity contribution in [3.05, 3.63) is 34.0 Å². The van der Waals surface area contributed by atoms with Crippen LogP contribution in [0.2, 0.25) is 0 Å². The summed E-state index contributed by atoms with van der Waals surface area (Å²) < 4.78 is 1.77. The number of thiophene rings is 1. The number of carbonyl (C=O) groups excluding carboxylic acids is 1. The first-order valence-electron chi connectivity index (χ1n) is 7.05. The summed E-state index contributed by atoms with van der Waals surface area (Å²) in [7, 11) is 0. The molecule has 0 unspecified atom stereocenters. The first kappa shape index (κ1) is 13.3. The zero-order valence-corrected chi connectivity index (χ0v) is 12.2. The van der Waals surface area contributed by atoms with Gasteiger partial charge in [-0.25, -0.2) is 4.98 Å². The van der Waals surface area contributed by atoms with E-state index in [2.05, 4.69) is 21.5 Å². The number of aryl methyl sites for hydroxylation is 3. The van der Waals surface area contributed by atoms with Gasteiger partial charge in [0.15, 0.2) is 0 Å². The van der Waals surface area contributed by atoms with Gasteiger partial charge in [0.1, 0.15) is 12.7 Å². The van der Waals surface area contributed by atoms with E-state index in [4.69, 9.17) is 0 Å². The Balaban J connectivity index is 1.48. The van der Waals surface area contributed by atoms with Crippen molar-refractivity contribution in [2.45, 2.75) is 38.6 Å². The van der Waals surface area contributed by atoms with E-state index in [0.29, 0.717) is 6.54 Å². The maximum Gasteiger partial charge on any atom is 0.261 e. The lowest BCUT2D eigenvalue weighted by atomic mass is 9.99. The van der Waals surface area contributed by atoms with Crippen LogP contribution in [0, 0.1) is 0 Å². The molecule has 0 fully saturated rings. The molecule has 0 bridgehead atoms. The number of amides is 1. The number of hydrogen-bond donors (Lipinski definition) is 1. The number of fused-ring (bicyclic) bond motifs is 1. The summed E-state index contributed by atoms with van der Waals surface area (Å²) in [5, 5.41) is 7.01. The molecule has 20 heavy (non-hydrogen) atoms. The first-order valence-corrected chi connectivity index (χ1v) is 7.87. The second kappa shape index (κ2) is 6.17. The van der Waals surface area contributed by atoms with Crippen molar-refractivity contribution in [3.63, 3.8) is 0 Å². The summed E-state index contributed by atoms with van der Waals surface area (Å²) in [5.74, 6) is 0.0583. The Morgan fingerprint density at radius 2 is 2.30 bits per heavy atom. The van der Waals surface area contributed by atoms with E-state index in [0.717, 1.165) is 30.7 Å². The van der Waals surface area contributed by atoms with E-state index in [1.54, 1.807) is 22.3 Å². The minimum absolute atomic E-state index is 0.0583. The average Bonchev–Trinajstić information content (AvgIpc) is 3.12. The Hall–Kier alpha value is -1.69. The third kappa shape index (κ3) is 3.07. The Labute approximate surface area is 122 Å². The number of rotatable bonds is 5. The van der Waals surface area contributed by atoms with Gasteiger partial charge in [-0.15, -0.1) is 11.3 Å². The van der Waals surface area contributed by atoms with Gasteiger partial charge in [-0.1, -0.05) is 0 Å². The van der Waals surface area contributed by atoms with Crippen LogP contribution in [0.1, 0.15) is 39.4 Å². The minimum atomic E-state index is 0.0583. The van der Waals surface area contributed by atoms with Crippen LogP contribution in [-0.4, -0.2) is 27.2 Å². The molecule has 3 rings (SSSR count). The van der Waals surface area contributed by atoms with Gasteiger partial charge in [0.25, 0.3) is 5.91 Å². The number of nitrogens with one attached hydrogen (secondary N) is 1. The summed E-state index contributed by atoms with van der Waals surface area (Å²) in [5.41, 5.74) is 1.38. The number of nitrogens with zero attached hydrogens (tertiary/aromatic N) is 3. The molecule has 0 atom stereocenters. The molecule has 0 spiro atoms. The van der Waals surface area contributed by atoms with Gasteiger partial charge in [-0.2, -0.15) is 5.10 Å². The summed E-state index contributed by atoms with van der Waals surface area (Å²) in [6.45, 7) is 1.45. The fraction of sp³-hybridized carbons (Fsp3) is 0.500. The number of aromatic nitrogens is 3. The fourth-order valence-corrected chi connectivity index (χ4v) is 3.65. The second-order valence-corrected chi connectivity index (χ2v) is 6.17. The maximum absolute atomic E-state index is 12.1. The van der Waals surface area contributed by atoms with Gasteiger partial charge in [0, 0.05) is 18.0 Å². The van der Waals surface area contributed by atoms with Crippen molar-refractivity contribution in [2.75, 3.05) is 6.54 Å². The third-order valence-electron chi connectivity index (χ3n) is 3.54. The Morgan fingerprint density at radius 1 is 1.40 bits per heavy atom. The fourth-order valence-electron chi connectivity index (χ4n) is 2.48. The van der Waals surface area contributed by atoms with Crippen LogP contribution < -0.4 is 5.32 Å². The van der Waals surface area contributed by atoms with E-state index < -0.39 is 0 Å². The molecule has 1 aliphatic rings. The minimum Gasteiger partial charge on any atom is -0.351 e.